The Balaban J connectivity index is 2.29. The number of nitrogens with zero attached hydrogens (tertiary/aromatic N) is 4. The fourth-order valence-corrected chi connectivity index (χ4v) is 2.75. The van der Waals surface area contributed by atoms with Gasteiger partial charge >= 0.3 is 0 Å². The smallest absolute Gasteiger partial charge is 0.137 e. The van der Waals surface area contributed by atoms with Gasteiger partial charge in [0.25, 0.3) is 0 Å². The van der Waals surface area contributed by atoms with Crippen LogP contribution in [0, 0.1) is 20.8 Å². The van der Waals surface area contributed by atoms with Crippen LogP contribution in [0.1, 0.15) is 17.1 Å². The van der Waals surface area contributed by atoms with Gasteiger partial charge in [0.15, 0.2) is 0 Å². The summed E-state index contributed by atoms with van der Waals surface area (Å²) in [5, 5.41) is 4.46. The molecule has 0 saturated carbocycles. The predicted octanol–water partition coefficient (Wildman–Crippen LogP) is 3.42. The maximum Gasteiger partial charge on any atom is 0.137 e. The molecule has 0 N–H and O–H groups in total. The minimum absolute atomic E-state index is 0.957. The van der Waals surface area contributed by atoms with Crippen molar-refractivity contribution in [3.8, 4) is 11.3 Å². The van der Waals surface area contributed by atoms with Crippen LogP contribution in [0.15, 0.2) is 22.8 Å². The summed E-state index contributed by atoms with van der Waals surface area (Å²) >= 11 is 3.55. The van der Waals surface area contributed by atoms with Gasteiger partial charge in [-0.2, -0.15) is 5.10 Å². The molecule has 0 unspecified atom stereocenters. The maximum atomic E-state index is 4.71. The standard InChI is InChI=1S/C14H15BrN4/c1-8-14(10(3)18(4)17-8)12-7-19-9(2)11(15)5-6-13(19)16-12/h5-7H,1-4H3. The number of hydrogen-bond acceptors (Lipinski definition) is 2. The highest BCUT2D eigenvalue weighted by molar-refractivity contribution is 9.10. The number of aryl methyl sites for hydroxylation is 3. The van der Waals surface area contributed by atoms with E-state index >= 15 is 0 Å². The fraction of sp³-hybridized carbons (Fsp3) is 0.286. The molecular weight excluding hydrogens is 304 g/mol. The molecule has 98 valence electrons. The number of imidazole rings is 1. The molecule has 4 nitrogen and oxygen atoms in total. The van der Waals surface area contributed by atoms with Crippen LogP contribution >= 0.6 is 15.9 Å². The van der Waals surface area contributed by atoms with Gasteiger partial charge in [0.1, 0.15) is 5.65 Å². The van der Waals surface area contributed by atoms with Gasteiger partial charge in [-0.1, -0.05) is 0 Å². The lowest BCUT2D eigenvalue weighted by Crippen LogP contribution is -1.92. The Bertz CT molecular complexity index is 782. The Morgan fingerprint density at radius 3 is 2.47 bits per heavy atom. The summed E-state index contributed by atoms with van der Waals surface area (Å²) in [5.74, 6) is 0. The first-order chi connectivity index (χ1) is 8.99. The van der Waals surface area contributed by atoms with E-state index < -0.39 is 0 Å². The highest BCUT2D eigenvalue weighted by atomic mass is 79.9. The van der Waals surface area contributed by atoms with Crippen LogP contribution in [-0.4, -0.2) is 19.2 Å². The summed E-state index contributed by atoms with van der Waals surface area (Å²) < 4.78 is 5.09. The first-order valence-corrected chi connectivity index (χ1v) is 6.93. The largest absolute Gasteiger partial charge is 0.303 e. The quantitative estimate of drug-likeness (QED) is 0.689. The van der Waals surface area contributed by atoms with E-state index in [0.717, 1.165) is 38.5 Å². The molecule has 0 radical (unpaired) electrons. The van der Waals surface area contributed by atoms with Gasteiger partial charge in [-0.05, 0) is 48.8 Å². The van der Waals surface area contributed by atoms with E-state index in [1.54, 1.807) is 0 Å². The minimum atomic E-state index is 0.957. The lowest BCUT2D eigenvalue weighted by molar-refractivity contribution is 0.731. The van der Waals surface area contributed by atoms with E-state index in [0.29, 0.717) is 0 Å². The van der Waals surface area contributed by atoms with E-state index in [-0.39, 0.29) is 0 Å². The summed E-state index contributed by atoms with van der Waals surface area (Å²) in [6.07, 6.45) is 2.08. The first-order valence-electron chi connectivity index (χ1n) is 6.14. The molecule has 3 heterocycles. The van der Waals surface area contributed by atoms with Crippen molar-refractivity contribution < 1.29 is 0 Å². The third kappa shape index (κ3) is 1.80. The van der Waals surface area contributed by atoms with E-state index in [1.165, 1.54) is 0 Å². The highest BCUT2D eigenvalue weighted by Crippen LogP contribution is 2.27. The molecule has 5 heteroatoms. The third-order valence-corrected chi connectivity index (χ3v) is 4.42. The van der Waals surface area contributed by atoms with Gasteiger partial charge in [0, 0.05) is 34.7 Å². The van der Waals surface area contributed by atoms with Gasteiger partial charge in [-0.3, -0.25) is 4.68 Å². The fourth-order valence-electron chi connectivity index (χ4n) is 2.43. The second kappa shape index (κ2) is 4.20. The number of aromatic nitrogens is 4. The molecule has 19 heavy (non-hydrogen) atoms. The Morgan fingerprint density at radius 1 is 1.11 bits per heavy atom. The topological polar surface area (TPSA) is 35.1 Å². The zero-order chi connectivity index (χ0) is 13.7. The average Bonchev–Trinajstić information content (AvgIpc) is 2.87. The molecule has 3 aromatic rings. The molecule has 0 saturated heterocycles. The predicted molar refractivity (Wildman–Crippen MR) is 79.3 cm³/mol. The lowest BCUT2D eigenvalue weighted by atomic mass is 10.1. The van der Waals surface area contributed by atoms with E-state index in [9.17, 15) is 0 Å². The van der Waals surface area contributed by atoms with Gasteiger partial charge in [0.2, 0.25) is 0 Å². The molecule has 3 rings (SSSR count). The zero-order valence-corrected chi connectivity index (χ0v) is 13.0. The molecule has 0 aliphatic carbocycles. The molecule has 0 bridgehead atoms. The molecular formula is C14H15BrN4. The van der Waals surface area contributed by atoms with Crippen molar-refractivity contribution in [3.63, 3.8) is 0 Å². The molecule has 0 aromatic carbocycles. The summed E-state index contributed by atoms with van der Waals surface area (Å²) in [7, 11) is 1.96. The van der Waals surface area contributed by atoms with Crippen molar-refractivity contribution in [2.75, 3.05) is 0 Å². The van der Waals surface area contributed by atoms with Crippen LogP contribution in [0.2, 0.25) is 0 Å². The first kappa shape index (κ1) is 12.4. The third-order valence-electron chi connectivity index (χ3n) is 3.58. The van der Waals surface area contributed by atoms with Gasteiger partial charge in [-0.15, -0.1) is 0 Å². The van der Waals surface area contributed by atoms with Crippen molar-refractivity contribution >= 4 is 21.6 Å². The van der Waals surface area contributed by atoms with E-state index in [1.807, 2.05) is 30.8 Å². The van der Waals surface area contributed by atoms with Crippen molar-refractivity contribution in [1.29, 1.82) is 0 Å². The highest BCUT2D eigenvalue weighted by Gasteiger charge is 2.15. The average molecular weight is 319 g/mol. The summed E-state index contributed by atoms with van der Waals surface area (Å²) in [4.78, 5) is 4.71. The van der Waals surface area contributed by atoms with Crippen LogP contribution in [0.4, 0.5) is 0 Å². The van der Waals surface area contributed by atoms with Crippen LogP contribution in [0.3, 0.4) is 0 Å². The van der Waals surface area contributed by atoms with E-state index in [2.05, 4.69) is 45.5 Å². The van der Waals surface area contributed by atoms with Gasteiger partial charge in [0.05, 0.1) is 11.4 Å². The van der Waals surface area contributed by atoms with Crippen molar-refractivity contribution in [1.82, 2.24) is 19.2 Å². The number of pyridine rings is 1. The normalized spacial score (nSPS) is 11.4. The minimum Gasteiger partial charge on any atom is -0.303 e. The second-order valence-corrected chi connectivity index (χ2v) is 5.64. The summed E-state index contributed by atoms with van der Waals surface area (Å²) in [6.45, 7) is 6.17. The number of rotatable bonds is 1. The second-order valence-electron chi connectivity index (χ2n) is 4.79. The number of hydrogen-bond donors (Lipinski definition) is 0. The van der Waals surface area contributed by atoms with Crippen LogP contribution < -0.4 is 0 Å². The van der Waals surface area contributed by atoms with Crippen molar-refractivity contribution in [2.24, 2.45) is 7.05 Å². The molecule has 3 aromatic heterocycles. The molecule has 0 spiro atoms. The maximum absolute atomic E-state index is 4.71. The molecule has 0 aliphatic heterocycles. The van der Waals surface area contributed by atoms with Crippen LogP contribution in [0.25, 0.3) is 16.9 Å². The van der Waals surface area contributed by atoms with E-state index in [4.69, 9.17) is 4.98 Å². The zero-order valence-electron chi connectivity index (χ0n) is 11.4. The molecule has 0 atom stereocenters. The lowest BCUT2D eigenvalue weighted by Gasteiger charge is -2.00. The van der Waals surface area contributed by atoms with Crippen molar-refractivity contribution in [2.45, 2.75) is 20.8 Å². The van der Waals surface area contributed by atoms with Gasteiger partial charge in [-0.25, -0.2) is 4.98 Å². The number of halogens is 1. The Kier molecular flexibility index (Phi) is 2.74. The molecule has 0 aliphatic rings. The van der Waals surface area contributed by atoms with Crippen LogP contribution in [-0.2, 0) is 7.05 Å². The molecule has 0 fully saturated rings. The Hall–Kier alpha value is -1.62. The Labute approximate surface area is 120 Å². The SMILES string of the molecule is Cc1nn(C)c(C)c1-c1cn2c(C)c(Br)ccc2n1. The van der Waals surface area contributed by atoms with Crippen LogP contribution in [0.5, 0.6) is 0 Å². The summed E-state index contributed by atoms with van der Waals surface area (Å²) in [5.41, 5.74) is 6.36. The van der Waals surface area contributed by atoms with Crippen molar-refractivity contribution in [3.05, 3.63) is 39.9 Å². The monoisotopic (exact) mass is 318 g/mol. The summed E-state index contributed by atoms with van der Waals surface area (Å²) in [6, 6.07) is 4.05. The Morgan fingerprint density at radius 2 is 1.84 bits per heavy atom. The molecule has 0 amide bonds. The van der Waals surface area contributed by atoms with Gasteiger partial charge < -0.3 is 4.40 Å². The number of fused-ring (bicyclic) bond motifs is 1.